The number of nitrogens with two attached hydrogens (primary N) is 1. The summed E-state index contributed by atoms with van der Waals surface area (Å²) < 4.78 is 2.04. The molecule has 122 valence electrons. The van der Waals surface area contributed by atoms with Gasteiger partial charge in [-0.1, -0.05) is 0 Å². The summed E-state index contributed by atoms with van der Waals surface area (Å²) in [5, 5.41) is 12.6. The minimum Gasteiger partial charge on any atom is -0.368 e. The number of nitrogens with one attached hydrogen (secondary N) is 1. The molecule has 0 aliphatic rings. The fraction of sp³-hybridized carbons (Fsp3) is 0.294. The molecule has 1 unspecified atom stereocenters. The van der Waals surface area contributed by atoms with Crippen molar-refractivity contribution in [3.63, 3.8) is 0 Å². The molecule has 3 rings (SSSR count). The van der Waals surface area contributed by atoms with Crippen molar-refractivity contribution in [3.05, 3.63) is 40.8 Å². The fourth-order valence-electron chi connectivity index (χ4n) is 2.84. The maximum Gasteiger partial charge on any atom is 0.222 e. The lowest BCUT2D eigenvalue weighted by Gasteiger charge is -2.18. The molecule has 3 heterocycles. The molecule has 0 aliphatic carbocycles. The summed E-state index contributed by atoms with van der Waals surface area (Å²) in [7, 11) is 2.00. The van der Waals surface area contributed by atoms with Crippen LogP contribution < -0.4 is 11.1 Å². The summed E-state index contributed by atoms with van der Waals surface area (Å²) >= 11 is 0. The summed E-state index contributed by atoms with van der Waals surface area (Å²) in [5.41, 5.74) is 10.7. The van der Waals surface area contributed by atoms with Gasteiger partial charge in [0.05, 0.1) is 28.5 Å². The lowest BCUT2D eigenvalue weighted by molar-refractivity contribution is 0.824. The molecular formula is C17H19N7. The molecule has 3 aromatic heterocycles. The molecule has 1 atom stereocenters. The van der Waals surface area contributed by atoms with Crippen LogP contribution >= 0.6 is 0 Å². The molecule has 0 aromatic carbocycles. The van der Waals surface area contributed by atoms with E-state index < -0.39 is 0 Å². The zero-order valence-corrected chi connectivity index (χ0v) is 14.1. The average Bonchev–Trinajstić information content (AvgIpc) is 2.86. The highest BCUT2D eigenvalue weighted by Gasteiger charge is 2.17. The molecule has 0 radical (unpaired) electrons. The molecule has 7 nitrogen and oxygen atoms in total. The smallest absolute Gasteiger partial charge is 0.222 e. The third-order valence-electron chi connectivity index (χ3n) is 4.08. The second-order valence-corrected chi connectivity index (χ2v) is 5.89. The van der Waals surface area contributed by atoms with Crippen LogP contribution in [-0.2, 0) is 7.05 Å². The number of pyridine rings is 1. The Morgan fingerprint density at radius 2 is 2.04 bits per heavy atom. The molecule has 0 aliphatic heterocycles. The van der Waals surface area contributed by atoms with Gasteiger partial charge in [0.2, 0.25) is 5.95 Å². The predicted octanol–water partition coefficient (Wildman–Crippen LogP) is 2.61. The molecular weight excluding hydrogens is 302 g/mol. The van der Waals surface area contributed by atoms with Crippen LogP contribution in [0.25, 0.3) is 11.0 Å². The minimum absolute atomic E-state index is 0.129. The Morgan fingerprint density at radius 3 is 2.75 bits per heavy atom. The van der Waals surface area contributed by atoms with Crippen LogP contribution in [0.4, 0.5) is 11.8 Å². The van der Waals surface area contributed by atoms with Gasteiger partial charge < -0.3 is 15.6 Å². The van der Waals surface area contributed by atoms with Crippen molar-refractivity contribution in [2.75, 3.05) is 11.1 Å². The number of hydrogen-bond donors (Lipinski definition) is 2. The van der Waals surface area contributed by atoms with Gasteiger partial charge in [0.1, 0.15) is 17.5 Å². The topological polar surface area (TPSA) is 105 Å². The van der Waals surface area contributed by atoms with Gasteiger partial charge in [-0.05, 0) is 38.5 Å². The SMILES string of the molecule is Cc1cc2c(ccn2C)nc1C(C)Nc1nc(N)nc(C)c1C#N. The van der Waals surface area contributed by atoms with E-state index in [1.54, 1.807) is 6.92 Å². The molecule has 0 amide bonds. The van der Waals surface area contributed by atoms with Crippen molar-refractivity contribution < 1.29 is 0 Å². The van der Waals surface area contributed by atoms with Gasteiger partial charge in [-0.3, -0.25) is 0 Å². The van der Waals surface area contributed by atoms with Crippen LogP contribution in [0.1, 0.15) is 35.5 Å². The lowest BCUT2D eigenvalue weighted by atomic mass is 10.1. The highest BCUT2D eigenvalue weighted by atomic mass is 15.1. The number of aromatic nitrogens is 4. The van der Waals surface area contributed by atoms with E-state index in [4.69, 9.17) is 10.7 Å². The Morgan fingerprint density at radius 1 is 1.29 bits per heavy atom. The fourth-order valence-corrected chi connectivity index (χ4v) is 2.84. The van der Waals surface area contributed by atoms with Crippen LogP contribution in [0.2, 0.25) is 0 Å². The minimum atomic E-state index is -0.129. The average molecular weight is 321 g/mol. The Labute approximate surface area is 140 Å². The van der Waals surface area contributed by atoms with Crippen LogP contribution in [-0.4, -0.2) is 19.5 Å². The Hall–Kier alpha value is -3.14. The largest absolute Gasteiger partial charge is 0.368 e. The van der Waals surface area contributed by atoms with Gasteiger partial charge in [-0.2, -0.15) is 10.2 Å². The van der Waals surface area contributed by atoms with Crippen LogP contribution in [0.3, 0.4) is 0 Å². The first kappa shape index (κ1) is 15.7. The van der Waals surface area contributed by atoms with Gasteiger partial charge >= 0.3 is 0 Å². The molecule has 0 spiro atoms. The molecule has 3 aromatic rings. The third kappa shape index (κ3) is 2.63. The lowest BCUT2D eigenvalue weighted by Crippen LogP contribution is -2.14. The van der Waals surface area contributed by atoms with E-state index in [-0.39, 0.29) is 12.0 Å². The number of hydrogen-bond acceptors (Lipinski definition) is 6. The number of nitrogen functional groups attached to an aromatic ring is 1. The monoisotopic (exact) mass is 321 g/mol. The van der Waals surface area contributed by atoms with Gasteiger partial charge in [0.15, 0.2) is 0 Å². The number of rotatable bonds is 3. The normalized spacial score (nSPS) is 12.1. The van der Waals surface area contributed by atoms with Crippen molar-refractivity contribution in [3.8, 4) is 6.07 Å². The van der Waals surface area contributed by atoms with Crippen molar-refractivity contribution >= 4 is 22.8 Å². The summed E-state index contributed by atoms with van der Waals surface area (Å²) in [6, 6.07) is 6.10. The highest BCUT2D eigenvalue weighted by molar-refractivity contribution is 5.77. The summed E-state index contributed by atoms with van der Waals surface area (Å²) in [6.07, 6.45) is 1.99. The number of fused-ring (bicyclic) bond motifs is 1. The maximum atomic E-state index is 9.34. The second-order valence-electron chi connectivity index (χ2n) is 5.89. The second kappa shape index (κ2) is 5.81. The van der Waals surface area contributed by atoms with Crippen LogP contribution in [0.15, 0.2) is 18.3 Å². The summed E-state index contributed by atoms with van der Waals surface area (Å²) in [5.74, 6) is 0.578. The Balaban J connectivity index is 2.00. The van der Waals surface area contributed by atoms with E-state index in [0.717, 1.165) is 22.3 Å². The zero-order valence-electron chi connectivity index (χ0n) is 14.1. The van der Waals surface area contributed by atoms with E-state index in [1.807, 2.05) is 37.7 Å². The molecule has 3 N–H and O–H groups in total. The maximum absolute atomic E-state index is 9.34. The first-order valence-electron chi connectivity index (χ1n) is 7.64. The van der Waals surface area contributed by atoms with Crippen molar-refractivity contribution in [1.29, 1.82) is 5.26 Å². The summed E-state index contributed by atoms with van der Waals surface area (Å²) in [4.78, 5) is 13.0. The number of anilines is 2. The Bertz CT molecular complexity index is 965. The molecule has 0 bridgehead atoms. The van der Waals surface area contributed by atoms with E-state index >= 15 is 0 Å². The molecule has 7 heteroatoms. The molecule has 0 saturated heterocycles. The van der Waals surface area contributed by atoms with E-state index in [1.165, 1.54) is 0 Å². The number of nitrogens with zero attached hydrogens (tertiary/aromatic N) is 5. The van der Waals surface area contributed by atoms with Gasteiger partial charge in [0.25, 0.3) is 0 Å². The van der Waals surface area contributed by atoms with Crippen LogP contribution in [0.5, 0.6) is 0 Å². The van der Waals surface area contributed by atoms with Gasteiger partial charge in [0, 0.05) is 13.2 Å². The van der Waals surface area contributed by atoms with E-state index in [0.29, 0.717) is 17.1 Å². The van der Waals surface area contributed by atoms with Gasteiger partial charge in [-0.25, -0.2) is 9.97 Å². The molecule has 0 fully saturated rings. The summed E-state index contributed by atoms with van der Waals surface area (Å²) in [6.45, 7) is 5.75. The highest BCUT2D eigenvalue weighted by Crippen LogP contribution is 2.26. The third-order valence-corrected chi connectivity index (χ3v) is 4.08. The van der Waals surface area contributed by atoms with Crippen molar-refractivity contribution in [2.45, 2.75) is 26.8 Å². The van der Waals surface area contributed by atoms with Crippen LogP contribution in [0, 0.1) is 25.2 Å². The number of aryl methyl sites for hydroxylation is 3. The molecule has 0 saturated carbocycles. The molecule has 24 heavy (non-hydrogen) atoms. The standard InChI is InChI=1S/C17H19N7/c1-9-7-14-13(5-6-24(14)4)22-15(9)11(3)20-16-12(8-18)10(2)21-17(19)23-16/h5-7,11H,1-4H3,(H3,19,20,21,23). The Kier molecular flexibility index (Phi) is 3.81. The first-order valence-corrected chi connectivity index (χ1v) is 7.64. The van der Waals surface area contributed by atoms with Crippen molar-refractivity contribution in [1.82, 2.24) is 19.5 Å². The first-order chi connectivity index (χ1) is 11.4. The van der Waals surface area contributed by atoms with E-state index in [9.17, 15) is 5.26 Å². The number of nitriles is 1. The van der Waals surface area contributed by atoms with Crippen molar-refractivity contribution in [2.24, 2.45) is 7.05 Å². The zero-order chi connectivity index (χ0) is 17.4. The van der Waals surface area contributed by atoms with E-state index in [2.05, 4.69) is 27.4 Å². The quantitative estimate of drug-likeness (QED) is 0.768. The predicted molar refractivity (Wildman–Crippen MR) is 93.4 cm³/mol. The van der Waals surface area contributed by atoms with Gasteiger partial charge in [-0.15, -0.1) is 0 Å².